The van der Waals surface area contributed by atoms with Crippen molar-refractivity contribution < 1.29 is 4.92 Å². The van der Waals surface area contributed by atoms with Crippen LogP contribution in [0.4, 0.5) is 0 Å². The molecular formula is C5H10N2O2. The second kappa shape index (κ2) is 3.06. The SMILES string of the molecule is C/C(=C\[N+](=O)[O-])N(C)C. The highest BCUT2D eigenvalue weighted by Gasteiger charge is 1.95. The molecular weight excluding hydrogens is 120 g/mol. The van der Waals surface area contributed by atoms with Gasteiger partial charge in [-0.05, 0) is 6.92 Å². The van der Waals surface area contributed by atoms with Gasteiger partial charge in [-0.1, -0.05) is 0 Å². The smallest absolute Gasteiger partial charge is 0.253 e. The topological polar surface area (TPSA) is 46.4 Å². The lowest BCUT2D eigenvalue weighted by atomic mass is 10.5. The lowest BCUT2D eigenvalue weighted by Crippen LogP contribution is -2.09. The quantitative estimate of drug-likeness (QED) is 0.408. The highest BCUT2D eigenvalue weighted by molar-refractivity contribution is 4.88. The Labute approximate surface area is 53.9 Å². The van der Waals surface area contributed by atoms with Crippen LogP contribution in [0.5, 0.6) is 0 Å². The van der Waals surface area contributed by atoms with E-state index in [1.807, 2.05) is 0 Å². The predicted molar refractivity (Wildman–Crippen MR) is 34.4 cm³/mol. The molecule has 0 amide bonds. The molecule has 0 saturated carbocycles. The van der Waals surface area contributed by atoms with Crippen LogP contribution in [0.3, 0.4) is 0 Å². The van der Waals surface area contributed by atoms with Crippen molar-refractivity contribution in [2.75, 3.05) is 14.1 Å². The van der Waals surface area contributed by atoms with Crippen LogP contribution >= 0.6 is 0 Å². The second-order valence-electron chi connectivity index (χ2n) is 1.95. The molecule has 0 saturated heterocycles. The highest BCUT2D eigenvalue weighted by atomic mass is 16.6. The summed E-state index contributed by atoms with van der Waals surface area (Å²) in [6, 6.07) is 0. The molecule has 0 aliphatic heterocycles. The van der Waals surface area contributed by atoms with Crippen molar-refractivity contribution in [2.24, 2.45) is 0 Å². The summed E-state index contributed by atoms with van der Waals surface area (Å²) in [5.41, 5.74) is 0.639. The number of rotatable bonds is 2. The van der Waals surface area contributed by atoms with Gasteiger partial charge in [0.25, 0.3) is 6.20 Å². The van der Waals surface area contributed by atoms with Crippen molar-refractivity contribution in [3.63, 3.8) is 0 Å². The van der Waals surface area contributed by atoms with E-state index in [1.54, 1.807) is 25.9 Å². The molecule has 0 aromatic rings. The maximum atomic E-state index is 9.82. The summed E-state index contributed by atoms with van der Waals surface area (Å²) in [4.78, 5) is 11.0. The van der Waals surface area contributed by atoms with Crippen LogP contribution in [0.15, 0.2) is 11.9 Å². The molecule has 0 fully saturated rings. The Bertz CT molecular complexity index is 140. The van der Waals surface area contributed by atoms with Gasteiger partial charge in [0.2, 0.25) is 0 Å². The Kier molecular flexibility index (Phi) is 2.70. The maximum absolute atomic E-state index is 9.82. The third-order valence-electron chi connectivity index (χ3n) is 0.998. The second-order valence-corrected chi connectivity index (χ2v) is 1.95. The number of nitrogens with zero attached hydrogens (tertiary/aromatic N) is 2. The highest BCUT2D eigenvalue weighted by Crippen LogP contribution is 1.94. The average molecular weight is 130 g/mol. The van der Waals surface area contributed by atoms with Crippen LogP contribution in [-0.4, -0.2) is 23.9 Å². The monoisotopic (exact) mass is 130 g/mol. The van der Waals surface area contributed by atoms with Gasteiger partial charge >= 0.3 is 0 Å². The molecule has 0 radical (unpaired) electrons. The van der Waals surface area contributed by atoms with E-state index in [2.05, 4.69) is 0 Å². The van der Waals surface area contributed by atoms with Gasteiger partial charge in [-0.2, -0.15) is 0 Å². The summed E-state index contributed by atoms with van der Waals surface area (Å²) in [5.74, 6) is 0. The molecule has 0 rings (SSSR count). The average Bonchev–Trinajstić information content (AvgIpc) is 1.63. The zero-order valence-corrected chi connectivity index (χ0v) is 5.79. The summed E-state index contributed by atoms with van der Waals surface area (Å²) in [5, 5.41) is 9.82. The first kappa shape index (κ1) is 7.94. The molecule has 0 aromatic heterocycles. The van der Waals surface area contributed by atoms with E-state index in [0.717, 1.165) is 6.20 Å². The molecule has 0 aromatic carbocycles. The largest absolute Gasteiger partial charge is 0.376 e. The molecule has 4 heteroatoms. The number of hydrogen-bond donors (Lipinski definition) is 0. The van der Waals surface area contributed by atoms with Gasteiger partial charge in [0.05, 0.1) is 10.6 Å². The summed E-state index contributed by atoms with van der Waals surface area (Å²) in [7, 11) is 3.52. The molecule has 9 heavy (non-hydrogen) atoms. The van der Waals surface area contributed by atoms with E-state index >= 15 is 0 Å². The normalized spacial score (nSPS) is 11.2. The van der Waals surface area contributed by atoms with E-state index in [1.165, 1.54) is 0 Å². The Morgan fingerprint density at radius 2 is 2.11 bits per heavy atom. The van der Waals surface area contributed by atoms with Crippen molar-refractivity contribution in [1.82, 2.24) is 4.90 Å². The minimum Gasteiger partial charge on any atom is -0.376 e. The molecule has 0 aliphatic carbocycles. The van der Waals surface area contributed by atoms with Crippen LogP contribution < -0.4 is 0 Å². The fourth-order valence-corrected chi connectivity index (χ4v) is 0.268. The minimum atomic E-state index is -0.463. The molecule has 0 N–H and O–H groups in total. The fraction of sp³-hybridized carbons (Fsp3) is 0.600. The Balaban J connectivity index is 4.00. The van der Waals surface area contributed by atoms with Crippen LogP contribution in [0, 0.1) is 10.1 Å². The molecule has 0 spiro atoms. The minimum absolute atomic E-state index is 0.463. The van der Waals surface area contributed by atoms with Crippen molar-refractivity contribution in [3.8, 4) is 0 Å². The van der Waals surface area contributed by atoms with Crippen LogP contribution in [-0.2, 0) is 0 Å². The number of nitro groups is 1. The Morgan fingerprint density at radius 1 is 1.67 bits per heavy atom. The van der Waals surface area contributed by atoms with Crippen LogP contribution in [0.25, 0.3) is 0 Å². The number of allylic oxidation sites excluding steroid dienone is 1. The van der Waals surface area contributed by atoms with Crippen molar-refractivity contribution in [1.29, 1.82) is 0 Å². The molecule has 4 nitrogen and oxygen atoms in total. The van der Waals surface area contributed by atoms with Gasteiger partial charge in [-0.25, -0.2) is 0 Å². The molecule has 0 bridgehead atoms. The van der Waals surface area contributed by atoms with E-state index < -0.39 is 4.92 Å². The van der Waals surface area contributed by atoms with Gasteiger partial charge in [-0.3, -0.25) is 10.1 Å². The van der Waals surface area contributed by atoms with Crippen LogP contribution in [0.2, 0.25) is 0 Å². The lowest BCUT2D eigenvalue weighted by Gasteiger charge is -2.08. The van der Waals surface area contributed by atoms with E-state index in [4.69, 9.17) is 0 Å². The first-order chi connectivity index (χ1) is 4.04. The fourth-order valence-electron chi connectivity index (χ4n) is 0.268. The zero-order valence-electron chi connectivity index (χ0n) is 5.79. The first-order valence-electron chi connectivity index (χ1n) is 2.53. The van der Waals surface area contributed by atoms with Crippen molar-refractivity contribution in [3.05, 3.63) is 22.0 Å². The number of hydrogen-bond acceptors (Lipinski definition) is 3. The van der Waals surface area contributed by atoms with Gasteiger partial charge in [0.15, 0.2) is 0 Å². The maximum Gasteiger partial charge on any atom is 0.253 e. The molecule has 0 aliphatic rings. The first-order valence-corrected chi connectivity index (χ1v) is 2.53. The summed E-state index contributed by atoms with van der Waals surface area (Å²) < 4.78 is 0. The zero-order chi connectivity index (χ0) is 7.44. The van der Waals surface area contributed by atoms with Gasteiger partial charge in [0, 0.05) is 14.1 Å². The molecule has 52 valence electrons. The van der Waals surface area contributed by atoms with E-state index in [9.17, 15) is 10.1 Å². The molecule has 0 heterocycles. The standard InChI is InChI=1S/C5H10N2O2/c1-5(6(2)3)4-7(8)9/h4H,1-3H3/b5-4+. The third kappa shape index (κ3) is 3.52. The molecule has 0 unspecified atom stereocenters. The summed E-state index contributed by atoms with van der Waals surface area (Å²) >= 11 is 0. The van der Waals surface area contributed by atoms with E-state index in [0.29, 0.717) is 5.70 Å². The Morgan fingerprint density at radius 3 is 2.22 bits per heavy atom. The lowest BCUT2D eigenvalue weighted by molar-refractivity contribution is -0.404. The third-order valence-corrected chi connectivity index (χ3v) is 0.998. The predicted octanol–water partition coefficient (Wildman–Crippen LogP) is 0.686. The molecule has 0 atom stereocenters. The summed E-state index contributed by atoms with van der Waals surface area (Å²) in [6.07, 6.45) is 0.972. The Hall–Kier alpha value is -1.06. The van der Waals surface area contributed by atoms with Gasteiger partial charge in [0.1, 0.15) is 0 Å². The van der Waals surface area contributed by atoms with E-state index in [-0.39, 0.29) is 0 Å². The van der Waals surface area contributed by atoms with Gasteiger partial charge < -0.3 is 4.90 Å². The van der Waals surface area contributed by atoms with Gasteiger partial charge in [-0.15, -0.1) is 0 Å². The van der Waals surface area contributed by atoms with Crippen LogP contribution in [0.1, 0.15) is 6.92 Å². The van der Waals surface area contributed by atoms with Crippen molar-refractivity contribution >= 4 is 0 Å². The van der Waals surface area contributed by atoms with Crippen molar-refractivity contribution in [2.45, 2.75) is 6.92 Å². The summed E-state index contributed by atoms with van der Waals surface area (Å²) in [6.45, 7) is 1.68.